The van der Waals surface area contributed by atoms with Crippen molar-refractivity contribution in [3.63, 3.8) is 0 Å². The quantitative estimate of drug-likeness (QED) is 0.791. The summed E-state index contributed by atoms with van der Waals surface area (Å²) in [5, 5.41) is 4.30. The topological polar surface area (TPSA) is 70.1 Å². The molecule has 0 spiro atoms. The maximum atomic E-state index is 11.7. The number of hydrogen-bond acceptors (Lipinski definition) is 4. The number of rotatable bonds is 6. The number of aryl methyl sites for hydroxylation is 1. The number of anilines is 1. The lowest BCUT2D eigenvalue weighted by molar-refractivity contribution is 0.0591. The van der Waals surface area contributed by atoms with Crippen LogP contribution < -0.4 is 5.73 Å². The first-order valence-corrected chi connectivity index (χ1v) is 6.51. The molecule has 1 atom stereocenters. The molecule has 0 aliphatic rings. The fourth-order valence-corrected chi connectivity index (χ4v) is 1.90. The Labute approximate surface area is 108 Å². The summed E-state index contributed by atoms with van der Waals surface area (Å²) in [7, 11) is 1.37. The molecule has 5 heteroatoms. The first-order chi connectivity index (χ1) is 8.56. The number of aromatic nitrogens is 2. The van der Waals surface area contributed by atoms with Gasteiger partial charge in [0.15, 0.2) is 5.69 Å². The first kappa shape index (κ1) is 14.5. The molecule has 0 amide bonds. The average Bonchev–Trinajstić information content (AvgIpc) is 2.71. The Kier molecular flexibility index (Phi) is 5.19. The van der Waals surface area contributed by atoms with E-state index in [-0.39, 0.29) is 5.92 Å². The summed E-state index contributed by atoms with van der Waals surface area (Å²) >= 11 is 0. The molecule has 1 aromatic rings. The molecular formula is C13H23N3O2. The van der Waals surface area contributed by atoms with Crippen molar-refractivity contribution in [1.29, 1.82) is 0 Å². The van der Waals surface area contributed by atoms with Crippen molar-refractivity contribution < 1.29 is 9.53 Å². The lowest BCUT2D eigenvalue weighted by Crippen LogP contribution is -2.08. The zero-order chi connectivity index (χ0) is 13.7. The standard InChI is InChI=1S/C13H23N3O2/c1-5-7-8-16-12(14)10(9(3)6-2)11(15-16)13(17)18-4/h9H,5-8,14H2,1-4H3. The number of carbonyl (C=O) groups is 1. The van der Waals surface area contributed by atoms with Crippen molar-refractivity contribution in [2.24, 2.45) is 0 Å². The third-order valence-electron chi connectivity index (χ3n) is 3.24. The second kappa shape index (κ2) is 6.42. The summed E-state index contributed by atoms with van der Waals surface area (Å²) in [6.45, 7) is 6.96. The number of nitrogen functional groups attached to an aromatic ring is 1. The van der Waals surface area contributed by atoms with E-state index in [1.54, 1.807) is 4.68 Å². The molecule has 0 fully saturated rings. The Morgan fingerprint density at radius 1 is 1.50 bits per heavy atom. The van der Waals surface area contributed by atoms with Crippen LogP contribution in [0.2, 0.25) is 0 Å². The highest BCUT2D eigenvalue weighted by atomic mass is 16.5. The van der Waals surface area contributed by atoms with Crippen LogP contribution in [0.5, 0.6) is 0 Å². The van der Waals surface area contributed by atoms with Gasteiger partial charge in [-0.05, 0) is 18.8 Å². The van der Waals surface area contributed by atoms with Gasteiger partial charge in [0.2, 0.25) is 0 Å². The molecule has 1 aromatic heterocycles. The number of unbranched alkanes of at least 4 members (excludes halogenated alkanes) is 1. The molecule has 18 heavy (non-hydrogen) atoms. The van der Waals surface area contributed by atoms with Crippen LogP contribution in [-0.2, 0) is 11.3 Å². The van der Waals surface area contributed by atoms with Crippen molar-refractivity contribution in [3.05, 3.63) is 11.3 Å². The van der Waals surface area contributed by atoms with Crippen LogP contribution in [0.15, 0.2) is 0 Å². The maximum absolute atomic E-state index is 11.7. The van der Waals surface area contributed by atoms with Crippen molar-refractivity contribution >= 4 is 11.8 Å². The smallest absolute Gasteiger partial charge is 0.358 e. The van der Waals surface area contributed by atoms with Gasteiger partial charge in [-0.3, -0.25) is 0 Å². The summed E-state index contributed by atoms with van der Waals surface area (Å²) in [5.41, 5.74) is 7.29. The minimum Gasteiger partial charge on any atom is -0.464 e. The second-order valence-corrected chi connectivity index (χ2v) is 4.53. The van der Waals surface area contributed by atoms with Crippen molar-refractivity contribution in [2.45, 2.75) is 52.5 Å². The van der Waals surface area contributed by atoms with Crippen LogP contribution in [0.3, 0.4) is 0 Å². The molecule has 2 N–H and O–H groups in total. The van der Waals surface area contributed by atoms with Gasteiger partial charge >= 0.3 is 5.97 Å². The molecule has 0 saturated carbocycles. The molecular weight excluding hydrogens is 230 g/mol. The predicted octanol–water partition coefficient (Wildman–Crippen LogP) is 2.57. The van der Waals surface area contributed by atoms with E-state index in [4.69, 9.17) is 10.5 Å². The van der Waals surface area contributed by atoms with Gasteiger partial charge in [-0.2, -0.15) is 5.10 Å². The number of nitrogens with zero attached hydrogens (tertiary/aromatic N) is 2. The van der Waals surface area contributed by atoms with Gasteiger partial charge < -0.3 is 10.5 Å². The highest BCUT2D eigenvalue weighted by molar-refractivity contribution is 5.90. The molecule has 1 unspecified atom stereocenters. The van der Waals surface area contributed by atoms with E-state index in [2.05, 4.69) is 18.9 Å². The second-order valence-electron chi connectivity index (χ2n) is 4.53. The molecule has 1 rings (SSSR count). The van der Waals surface area contributed by atoms with Gasteiger partial charge in [0.05, 0.1) is 7.11 Å². The van der Waals surface area contributed by atoms with Crippen LogP contribution in [-0.4, -0.2) is 22.9 Å². The molecule has 0 aliphatic heterocycles. The van der Waals surface area contributed by atoms with E-state index >= 15 is 0 Å². The third-order valence-corrected chi connectivity index (χ3v) is 3.24. The summed E-state index contributed by atoms with van der Waals surface area (Å²) in [6.07, 6.45) is 2.96. The van der Waals surface area contributed by atoms with Gasteiger partial charge in [-0.25, -0.2) is 9.48 Å². The van der Waals surface area contributed by atoms with Crippen LogP contribution in [0.1, 0.15) is 62.0 Å². The van der Waals surface area contributed by atoms with Crippen LogP contribution in [0.4, 0.5) is 5.82 Å². The van der Waals surface area contributed by atoms with E-state index in [1.165, 1.54) is 7.11 Å². The molecule has 0 radical (unpaired) electrons. The van der Waals surface area contributed by atoms with Crippen LogP contribution in [0.25, 0.3) is 0 Å². The van der Waals surface area contributed by atoms with Gasteiger partial charge in [-0.15, -0.1) is 0 Å². The number of carbonyl (C=O) groups excluding carboxylic acids is 1. The van der Waals surface area contributed by atoms with Crippen LogP contribution >= 0.6 is 0 Å². The lowest BCUT2D eigenvalue weighted by Gasteiger charge is -2.09. The Bertz CT molecular complexity index is 413. The summed E-state index contributed by atoms with van der Waals surface area (Å²) in [5.74, 6) is 0.389. The fourth-order valence-electron chi connectivity index (χ4n) is 1.90. The summed E-state index contributed by atoms with van der Waals surface area (Å²) < 4.78 is 6.49. The fraction of sp³-hybridized carbons (Fsp3) is 0.692. The van der Waals surface area contributed by atoms with E-state index in [0.717, 1.165) is 31.4 Å². The highest BCUT2D eigenvalue weighted by Gasteiger charge is 2.24. The first-order valence-electron chi connectivity index (χ1n) is 6.51. The van der Waals surface area contributed by atoms with Crippen LogP contribution in [0, 0.1) is 0 Å². The molecule has 0 aliphatic carbocycles. The monoisotopic (exact) mass is 253 g/mol. The van der Waals surface area contributed by atoms with E-state index < -0.39 is 5.97 Å². The number of esters is 1. The van der Waals surface area contributed by atoms with Crippen molar-refractivity contribution in [3.8, 4) is 0 Å². The van der Waals surface area contributed by atoms with E-state index in [0.29, 0.717) is 11.5 Å². The van der Waals surface area contributed by atoms with Gasteiger partial charge in [0, 0.05) is 12.1 Å². The highest BCUT2D eigenvalue weighted by Crippen LogP contribution is 2.29. The Hall–Kier alpha value is -1.52. The molecule has 0 aromatic carbocycles. The number of ether oxygens (including phenoxy) is 1. The van der Waals surface area contributed by atoms with Gasteiger partial charge in [0.25, 0.3) is 0 Å². The predicted molar refractivity (Wildman–Crippen MR) is 71.6 cm³/mol. The Balaban J connectivity index is 3.18. The minimum absolute atomic E-state index is 0.203. The zero-order valence-corrected chi connectivity index (χ0v) is 11.7. The molecule has 102 valence electrons. The molecule has 0 saturated heterocycles. The molecule has 0 bridgehead atoms. The maximum Gasteiger partial charge on any atom is 0.358 e. The zero-order valence-electron chi connectivity index (χ0n) is 11.7. The molecule has 1 heterocycles. The minimum atomic E-state index is -0.410. The normalized spacial score (nSPS) is 12.4. The largest absolute Gasteiger partial charge is 0.464 e. The Morgan fingerprint density at radius 2 is 2.17 bits per heavy atom. The van der Waals surface area contributed by atoms with E-state index in [1.807, 2.05) is 6.92 Å². The Morgan fingerprint density at radius 3 is 2.67 bits per heavy atom. The summed E-state index contributed by atoms with van der Waals surface area (Å²) in [6, 6.07) is 0. The van der Waals surface area contributed by atoms with Crippen molar-refractivity contribution in [1.82, 2.24) is 9.78 Å². The lowest BCUT2D eigenvalue weighted by atomic mass is 9.98. The van der Waals surface area contributed by atoms with Gasteiger partial charge in [0.1, 0.15) is 5.82 Å². The number of nitrogens with two attached hydrogens (primary N) is 1. The molecule has 5 nitrogen and oxygen atoms in total. The van der Waals surface area contributed by atoms with Crippen molar-refractivity contribution in [2.75, 3.05) is 12.8 Å². The van der Waals surface area contributed by atoms with Gasteiger partial charge in [-0.1, -0.05) is 27.2 Å². The number of hydrogen-bond donors (Lipinski definition) is 1. The summed E-state index contributed by atoms with van der Waals surface area (Å²) in [4.78, 5) is 11.7. The average molecular weight is 253 g/mol. The third kappa shape index (κ3) is 2.83. The SMILES string of the molecule is CCCCn1nc(C(=O)OC)c(C(C)CC)c1N. The number of methoxy groups -OCH3 is 1. The van der Waals surface area contributed by atoms with E-state index in [9.17, 15) is 4.79 Å².